The molecule has 3 N–H and O–H groups in total. The van der Waals surface area contributed by atoms with Gasteiger partial charge in [-0.1, -0.05) is 45.7 Å². The molecule has 0 spiro atoms. The molecule has 0 atom stereocenters. The van der Waals surface area contributed by atoms with Crippen molar-refractivity contribution in [2.24, 2.45) is 0 Å². The summed E-state index contributed by atoms with van der Waals surface area (Å²) in [6.45, 7) is 3.90. The molecule has 0 heterocycles. The van der Waals surface area contributed by atoms with Gasteiger partial charge in [0.25, 0.3) is 5.91 Å². The van der Waals surface area contributed by atoms with Crippen LogP contribution in [0.4, 0.5) is 5.69 Å². The van der Waals surface area contributed by atoms with Crippen molar-refractivity contribution in [2.45, 2.75) is 0 Å². The van der Waals surface area contributed by atoms with E-state index >= 15 is 0 Å². The molecule has 0 radical (unpaired) electrons. The summed E-state index contributed by atoms with van der Waals surface area (Å²) >= 11 is 14.8. The Kier molecular flexibility index (Phi) is 4.65. The first-order chi connectivity index (χ1) is 7.41. The molecule has 6 heteroatoms. The first kappa shape index (κ1) is 13.4. The molecule has 0 aromatic heterocycles. The minimum atomic E-state index is -0.347. The topological polar surface area (TPSA) is 55.1 Å². The molecule has 0 saturated carbocycles. The second-order valence-corrected chi connectivity index (χ2v) is 4.97. The number of halogens is 3. The maximum absolute atomic E-state index is 11.7. The number of amides is 1. The average molecular weight is 324 g/mol. The number of rotatable bonds is 3. The van der Waals surface area contributed by atoms with Crippen LogP contribution in [0.3, 0.4) is 0 Å². The predicted molar refractivity (Wildman–Crippen MR) is 71.3 cm³/mol. The monoisotopic (exact) mass is 322 g/mol. The van der Waals surface area contributed by atoms with Gasteiger partial charge in [0, 0.05) is 16.7 Å². The van der Waals surface area contributed by atoms with Crippen molar-refractivity contribution < 1.29 is 4.79 Å². The number of benzene rings is 1. The van der Waals surface area contributed by atoms with Crippen LogP contribution in [-0.4, -0.2) is 12.5 Å². The van der Waals surface area contributed by atoms with Gasteiger partial charge in [-0.3, -0.25) is 4.79 Å². The van der Waals surface area contributed by atoms with Crippen LogP contribution in [0, 0.1) is 0 Å². The van der Waals surface area contributed by atoms with Gasteiger partial charge in [0.05, 0.1) is 15.6 Å². The van der Waals surface area contributed by atoms with Crippen LogP contribution in [0.1, 0.15) is 10.4 Å². The average Bonchev–Trinajstić information content (AvgIpc) is 2.19. The van der Waals surface area contributed by atoms with E-state index in [0.717, 1.165) is 0 Å². The Labute approximate surface area is 112 Å². The second kappa shape index (κ2) is 5.57. The Balaban J connectivity index is 2.95. The highest BCUT2D eigenvalue weighted by atomic mass is 79.9. The fourth-order valence-corrected chi connectivity index (χ4v) is 1.61. The van der Waals surface area contributed by atoms with Crippen molar-refractivity contribution in [3.63, 3.8) is 0 Å². The Morgan fingerprint density at radius 3 is 2.69 bits per heavy atom. The third-order valence-electron chi connectivity index (χ3n) is 1.74. The highest BCUT2D eigenvalue weighted by molar-refractivity contribution is 9.11. The van der Waals surface area contributed by atoms with E-state index in [1.165, 1.54) is 12.1 Å². The summed E-state index contributed by atoms with van der Waals surface area (Å²) in [6.07, 6.45) is 0. The number of carbonyl (C=O) groups is 1. The molecule has 0 bridgehead atoms. The second-order valence-electron chi connectivity index (χ2n) is 3.06. The Morgan fingerprint density at radius 1 is 1.50 bits per heavy atom. The van der Waals surface area contributed by atoms with Gasteiger partial charge < -0.3 is 11.1 Å². The van der Waals surface area contributed by atoms with Crippen LogP contribution in [0.5, 0.6) is 0 Å². The molecular formula is C10H9BrCl2N2O. The zero-order valence-corrected chi connectivity index (χ0v) is 11.3. The highest BCUT2D eigenvalue weighted by Crippen LogP contribution is 2.28. The van der Waals surface area contributed by atoms with Crippen LogP contribution >= 0.6 is 39.1 Å². The number of nitrogen functional groups attached to an aromatic ring is 1. The lowest BCUT2D eigenvalue weighted by Crippen LogP contribution is -2.24. The third kappa shape index (κ3) is 3.40. The fraction of sp³-hybridized carbons (Fsp3) is 0.100. The zero-order chi connectivity index (χ0) is 12.3. The van der Waals surface area contributed by atoms with Crippen molar-refractivity contribution in [1.82, 2.24) is 5.32 Å². The van der Waals surface area contributed by atoms with Crippen LogP contribution in [0.15, 0.2) is 23.2 Å². The Bertz CT molecular complexity index is 449. The molecule has 0 unspecified atom stereocenters. The van der Waals surface area contributed by atoms with E-state index in [9.17, 15) is 4.79 Å². The molecule has 1 rings (SSSR count). The summed E-state index contributed by atoms with van der Waals surface area (Å²) in [4.78, 5) is 11.7. The largest absolute Gasteiger partial charge is 0.399 e. The summed E-state index contributed by atoms with van der Waals surface area (Å²) in [5.74, 6) is -0.347. The van der Waals surface area contributed by atoms with Gasteiger partial charge in [0.1, 0.15) is 0 Å². The molecule has 1 aromatic carbocycles. The summed E-state index contributed by atoms with van der Waals surface area (Å²) in [6, 6.07) is 2.96. The van der Waals surface area contributed by atoms with Crippen LogP contribution in [0.25, 0.3) is 0 Å². The van der Waals surface area contributed by atoms with Crippen molar-refractivity contribution in [2.75, 3.05) is 12.3 Å². The van der Waals surface area contributed by atoms with Crippen LogP contribution in [-0.2, 0) is 0 Å². The van der Waals surface area contributed by atoms with Gasteiger partial charge in [-0.2, -0.15) is 0 Å². The van der Waals surface area contributed by atoms with Crippen molar-refractivity contribution >= 4 is 50.7 Å². The first-order valence-electron chi connectivity index (χ1n) is 4.28. The Hall–Kier alpha value is -0.710. The summed E-state index contributed by atoms with van der Waals surface area (Å²) in [7, 11) is 0. The molecule has 86 valence electrons. The number of hydrogen-bond acceptors (Lipinski definition) is 2. The van der Waals surface area contributed by atoms with Gasteiger partial charge in [-0.15, -0.1) is 0 Å². The van der Waals surface area contributed by atoms with E-state index in [2.05, 4.69) is 27.8 Å². The number of carbonyl (C=O) groups excluding carboxylic acids is 1. The third-order valence-corrected chi connectivity index (χ3v) is 2.82. The molecule has 0 aliphatic carbocycles. The lowest BCUT2D eigenvalue weighted by atomic mass is 10.2. The number of hydrogen-bond donors (Lipinski definition) is 2. The van der Waals surface area contributed by atoms with Crippen molar-refractivity contribution in [3.8, 4) is 0 Å². The van der Waals surface area contributed by atoms with Crippen LogP contribution in [0.2, 0.25) is 10.0 Å². The van der Waals surface area contributed by atoms with E-state index in [4.69, 9.17) is 28.9 Å². The van der Waals surface area contributed by atoms with Gasteiger partial charge in [-0.25, -0.2) is 0 Å². The number of nitrogens with one attached hydrogen (secondary N) is 1. The number of nitrogens with two attached hydrogens (primary N) is 1. The summed E-state index contributed by atoms with van der Waals surface area (Å²) in [5.41, 5.74) is 6.21. The van der Waals surface area contributed by atoms with Gasteiger partial charge >= 0.3 is 0 Å². The predicted octanol–water partition coefficient (Wildman–Crippen LogP) is 3.21. The smallest absolute Gasteiger partial charge is 0.253 e. The van der Waals surface area contributed by atoms with Gasteiger partial charge in [0.2, 0.25) is 0 Å². The molecule has 0 fully saturated rings. The maximum atomic E-state index is 11.7. The molecule has 0 aliphatic heterocycles. The van der Waals surface area contributed by atoms with E-state index in [1.807, 2.05) is 0 Å². The van der Waals surface area contributed by atoms with E-state index in [1.54, 1.807) is 0 Å². The first-order valence-corrected chi connectivity index (χ1v) is 5.82. The molecule has 1 aromatic rings. The van der Waals surface area contributed by atoms with Crippen LogP contribution < -0.4 is 11.1 Å². The van der Waals surface area contributed by atoms with E-state index < -0.39 is 0 Å². The standard InChI is InChI=1S/C10H9BrCl2N2O/c1-5(11)4-15-10(16)7-2-6(14)3-8(12)9(7)13/h2-3H,1,4,14H2,(H,15,16). The molecule has 0 aliphatic rings. The SMILES string of the molecule is C=C(Br)CNC(=O)c1cc(N)cc(Cl)c1Cl. The Morgan fingerprint density at radius 2 is 2.12 bits per heavy atom. The minimum Gasteiger partial charge on any atom is -0.399 e. The maximum Gasteiger partial charge on any atom is 0.253 e. The highest BCUT2D eigenvalue weighted by Gasteiger charge is 2.13. The lowest BCUT2D eigenvalue weighted by Gasteiger charge is -2.08. The molecule has 1 amide bonds. The van der Waals surface area contributed by atoms with Crippen molar-refractivity contribution in [1.29, 1.82) is 0 Å². The summed E-state index contributed by atoms with van der Waals surface area (Å²) < 4.78 is 0.659. The zero-order valence-electron chi connectivity index (χ0n) is 8.19. The molecule has 0 saturated heterocycles. The molecule has 3 nitrogen and oxygen atoms in total. The normalized spacial score (nSPS) is 9.94. The number of anilines is 1. The molecular weight excluding hydrogens is 315 g/mol. The quantitative estimate of drug-likeness (QED) is 0.839. The molecule has 16 heavy (non-hydrogen) atoms. The van der Waals surface area contributed by atoms with E-state index in [-0.39, 0.29) is 21.5 Å². The van der Waals surface area contributed by atoms with E-state index in [0.29, 0.717) is 16.7 Å². The van der Waals surface area contributed by atoms with Gasteiger partial charge in [0.15, 0.2) is 0 Å². The lowest BCUT2D eigenvalue weighted by molar-refractivity contribution is 0.0958. The van der Waals surface area contributed by atoms with Crippen molar-refractivity contribution in [3.05, 3.63) is 38.8 Å². The fourth-order valence-electron chi connectivity index (χ4n) is 1.05. The van der Waals surface area contributed by atoms with Gasteiger partial charge in [-0.05, 0) is 12.1 Å². The summed E-state index contributed by atoms with van der Waals surface area (Å²) in [5, 5.41) is 3.05. The minimum absolute atomic E-state index is 0.188.